The maximum Gasteiger partial charge on any atom is 0.410 e. The highest BCUT2D eigenvalue weighted by atomic mass is 32.1. The number of aromatic nitrogens is 1. The van der Waals surface area contributed by atoms with Gasteiger partial charge in [0.15, 0.2) is 0 Å². The van der Waals surface area contributed by atoms with Crippen LogP contribution in [0.2, 0.25) is 0 Å². The van der Waals surface area contributed by atoms with Crippen molar-refractivity contribution in [1.29, 1.82) is 0 Å². The molecule has 5 nitrogen and oxygen atoms in total. The molecule has 2 unspecified atom stereocenters. The van der Waals surface area contributed by atoms with Crippen molar-refractivity contribution in [3.05, 3.63) is 22.2 Å². The number of thiazole rings is 1. The number of hydrogen-bond donors (Lipinski definition) is 0. The van der Waals surface area contributed by atoms with Gasteiger partial charge in [-0.2, -0.15) is 0 Å². The zero-order valence-corrected chi connectivity index (χ0v) is 16.6. The largest absolute Gasteiger partial charge is 0.444 e. The summed E-state index contributed by atoms with van der Waals surface area (Å²) < 4.78 is 11.3. The number of piperidine rings is 1. The fraction of sp³-hybridized carbons (Fsp3) is 0.684. The monoisotopic (exact) mass is 364 g/mol. The molecule has 1 aromatic heterocycles. The minimum absolute atomic E-state index is 0.0344. The van der Waals surface area contributed by atoms with Gasteiger partial charge in [-0.25, -0.2) is 9.78 Å². The van der Waals surface area contributed by atoms with Gasteiger partial charge in [0.05, 0.1) is 17.3 Å². The molecule has 3 rings (SSSR count). The second-order valence-corrected chi connectivity index (χ2v) is 9.14. The van der Waals surface area contributed by atoms with Gasteiger partial charge in [-0.15, -0.1) is 11.3 Å². The molecule has 1 amide bonds. The van der Waals surface area contributed by atoms with Gasteiger partial charge < -0.3 is 14.4 Å². The van der Waals surface area contributed by atoms with E-state index in [0.717, 1.165) is 25.0 Å². The van der Waals surface area contributed by atoms with Crippen LogP contribution >= 0.6 is 11.3 Å². The highest BCUT2D eigenvalue weighted by Gasteiger charge is 2.45. The van der Waals surface area contributed by atoms with E-state index in [0.29, 0.717) is 6.54 Å². The average molecular weight is 365 g/mol. The quantitative estimate of drug-likeness (QED) is 0.792. The number of methoxy groups -OCH3 is 1. The summed E-state index contributed by atoms with van der Waals surface area (Å²) in [5.41, 5.74) is 2.35. The standard InChI is InChI=1S/C19H28N2O3S/c1-18(2,3)24-17(22)21-9-7-13(23-5)10-16(21)19(4)8-6-15-14(11-19)20-12-25-15/h6,8,12-13,16H,7,9-11H2,1-5H3/t13?,16-,19?/m0/s1. The normalized spacial score (nSPS) is 29.4. The van der Waals surface area contributed by atoms with Gasteiger partial charge in [-0.3, -0.25) is 0 Å². The summed E-state index contributed by atoms with van der Waals surface area (Å²) in [6, 6.07) is 0.0344. The van der Waals surface area contributed by atoms with Crippen molar-refractivity contribution < 1.29 is 14.3 Å². The van der Waals surface area contributed by atoms with Gasteiger partial charge in [0.25, 0.3) is 0 Å². The molecule has 1 aliphatic heterocycles. The van der Waals surface area contributed by atoms with Crippen molar-refractivity contribution in [2.75, 3.05) is 13.7 Å². The molecule has 6 heteroatoms. The zero-order valence-electron chi connectivity index (χ0n) is 15.7. The Morgan fingerprint density at radius 1 is 1.44 bits per heavy atom. The van der Waals surface area contributed by atoms with Crippen LogP contribution in [0.1, 0.15) is 51.1 Å². The van der Waals surface area contributed by atoms with Crippen LogP contribution in [-0.2, 0) is 15.9 Å². The summed E-state index contributed by atoms with van der Waals surface area (Å²) >= 11 is 1.66. The van der Waals surface area contributed by atoms with Crippen molar-refractivity contribution in [3.8, 4) is 0 Å². The van der Waals surface area contributed by atoms with E-state index in [4.69, 9.17) is 9.47 Å². The SMILES string of the molecule is COC1CCN(C(=O)OC(C)(C)C)[C@H](C2(C)C=Cc3scnc3C2)C1. The third kappa shape index (κ3) is 3.90. The minimum atomic E-state index is -0.495. The van der Waals surface area contributed by atoms with Crippen molar-refractivity contribution in [3.63, 3.8) is 0 Å². The highest BCUT2D eigenvalue weighted by molar-refractivity contribution is 7.10. The number of amides is 1. The van der Waals surface area contributed by atoms with E-state index < -0.39 is 5.60 Å². The molecule has 3 atom stereocenters. The lowest BCUT2D eigenvalue weighted by Crippen LogP contribution is -2.56. The average Bonchev–Trinajstić information content (AvgIpc) is 2.99. The second-order valence-electron chi connectivity index (χ2n) is 8.25. The van der Waals surface area contributed by atoms with Crippen LogP contribution in [0.5, 0.6) is 0 Å². The van der Waals surface area contributed by atoms with Gasteiger partial charge in [0, 0.05) is 36.4 Å². The van der Waals surface area contributed by atoms with E-state index in [-0.39, 0.29) is 23.7 Å². The molecular weight excluding hydrogens is 336 g/mol. The number of carbonyl (C=O) groups excluding carboxylic acids is 1. The molecule has 0 bridgehead atoms. The first-order valence-corrected chi connectivity index (χ1v) is 9.74. The summed E-state index contributed by atoms with van der Waals surface area (Å²) in [6.07, 6.45) is 6.83. The van der Waals surface area contributed by atoms with Gasteiger partial charge >= 0.3 is 6.09 Å². The molecule has 0 saturated carbocycles. The molecule has 2 aliphatic rings. The van der Waals surface area contributed by atoms with Crippen molar-refractivity contribution >= 4 is 23.5 Å². The summed E-state index contributed by atoms with van der Waals surface area (Å²) in [6.45, 7) is 8.60. The van der Waals surface area contributed by atoms with Crippen molar-refractivity contribution in [2.45, 2.75) is 64.7 Å². The maximum atomic E-state index is 12.8. The van der Waals surface area contributed by atoms with Gasteiger partial charge in [0.1, 0.15) is 5.60 Å². The second kappa shape index (κ2) is 6.72. The molecule has 1 aliphatic carbocycles. The fourth-order valence-corrected chi connectivity index (χ4v) is 4.47. The Balaban J connectivity index is 1.87. The van der Waals surface area contributed by atoms with E-state index in [1.807, 2.05) is 31.2 Å². The lowest BCUT2D eigenvalue weighted by atomic mass is 9.71. The predicted octanol–water partition coefficient (Wildman–Crippen LogP) is 4.13. The van der Waals surface area contributed by atoms with Crippen LogP contribution in [0.15, 0.2) is 11.6 Å². The number of likely N-dealkylation sites (tertiary alicyclic amines) is 1. The molecule has 0 N–H and O–H groups in total. The summed E-state index contributed by atoms with van der Waals surface area (Å²) in [5, 5.41) is 0. The lowest BCUT2D eigenvalue weighted by Gasteiger charge is -2.47. The van der Waals surface area contributed by atoms with E-state index in [2.05, 4.69) is 24.1 Å². The molecule has 0 spiro atoms. The Hall–Kier alpha value is -1.40. The van der Waals surface area contributed by atoms with Crippen LogP contribution in [0.3, 0.4) is 0 Å². The third-order valence-corrected chi connectivity index (χ3v) is 5.95. The van der Waals surface area contributed by atoms with E-state index >= 15 is 0 Å². The number of fused-ring (bicyclic) bond motifs is 1. The number of hydrogen-bond acceptors (Lipinski definition) is 5. The van der Waals surface area contributed by atoms with Gasteiger partial charge in [-0.1, -0.05) is 13.0 Å². The molecule has 0 radical (unpaired) electrons. The first-order chi connectivity index (χ1) is 11.7. The number of rotatable bonds is 2. The molecule has 2 heterocycles. The Bertz CT molecular complexity index is 664. The van der Waals surface area contributed by atoms with E-state index in [1.165, 1.54) is 4.88 Å². The molecular formula is C19H28N2O3S. The first kappa shape index (κ1) is 18.4. The van der Waals surface area contributed by atoms with E-state index in [1.54, 1.807) is 18.4 Å². The van der Waals surface area contributed by atoms with Crippen molar-refractivity contribution in [2.24, 2.45) is 5.41 Å². The Morgan fingerprint density at radius 2 is 2.20 bits per heavy atom. The molecule has 138 valence electrons. The Kier molecular flexibility index (Phi) is 4.95. The van der Waals surface area contributed by atoms with Gasteiger partial charge in [-0.05, 0) is 39.7 Å². The van der Waals surface area contributed by atoms with Crippen LogP contribution < -0.4 is 0 Å². The topological polar surface area (TPSA) is 51.7 Å². The van der Waals surface area contributed by atoms with E-state index in [9.17, 15) is 4.79 Å². The summed E-state index contributed by atoms with van der Waals surface area (Å²) in [4.78, 5) is 20.5. The Morgan fingerprint density at radius 3 is 2.88 bits per heavy atom. The first-order valence-electron chi connectivity index (χ1n) is 8.86. The van der Waals surface area contributed by atoms with Gasteiger partial charge in [0.2, 0.25) is 0 Å². The summed E-state index contributed by atoms with van der Waals surface area (Å²) in [7, 11) is 1.75. The number of carbonyl (C=O) groups is 1. The lowest BCUT2D eigenvalue weighted by molar-refractivity contribution is -0.0389. The van der Waals surface area contributed by atoms with Crippen LogP contribution in [0.25, 0.3) is 6.08 Å². The minimum Gasteiger partial charge on any atom is -0.444 e. The predicted molar refractivity (Wildman–Crippen MR) is 99.7 cm³/mol. The van der Waals surface area contributed by atoms with Crippen LogP contribution in [-0.4, -0.2) is 47.4 Å². The van der Waals surface area contributed by atoms with Crippen LogP contribution in [0.4, 0.5) is 4.79 Å². The molecule has 0 aromatic carbocycles. The zero-order chi connectivity index (χ0) is 18.2. The number of ether oxygens (including phenoxy) is 2. The maximum absolute atomic E-state index is 12.8. The van der Waals surface area contributed by atoms with Crippen LogP contribution in [0, 0.1) is 5.41 Å². The highest BCUT2D eigenvalue weighted by Crippen LogP contribution is 2.42. The summed E-state index contributed by atoms with van der Waals surface area (Å²) in [5.74, 6) is 0. The smallest absolute Gasteiger partial charge is 0.410 e. The third-order valence-electron chi connectivity index (χ3n) is 5.11. The fourth-order valence-electron chi connectivity index (χ4n) is 3.77. The number of nitrogens with zero attached hydrogens (tertiary/aromatic N) is 2. The Labute approximate surface area is 154 Å². The molecule has 1 aromatic rings. The molecule has 25 heavy (non-hydrogen) atoms. The molecule has 1 fully saturated rings. The molecule has 1 saturated heterocycles. The van der Waals surface area contributed by atoms with Crippen molar-refractivity contribution in [1.82, 2.24) is 9.88 Å².